The number of benzene rings is 5. The van der Waals surface area contributed by atoms with Gasteiger partial charge in [0.15, 0.2) is 0 Å². The maximum Gasteiger partial charge on any atom is 0.0328 e. The van der Waals surface area contributed by atoms with Crippen molar-refractivity contribution in [3.63, 3.8) is 0 Å². The molecule has 0 amide bonds. The Bertz CT molecular complexity index is 1300. The Morgan fingerprint density at radius 2 is 1.15 bits per heavy atom. The molecule has 1 heterocycles. The van der Waals surface area contributed by atoms with E-state index in [0.29, 0.717) is 11.1 Å². The van der Waals surface area contributed by atoms with Gasteiger partial charge in [0, 0.05) is 38.9 Å². The van der Waals surface area contributed by atoms with E-state index in [9.17, 15) is 8.78 Å². The van der Waals surface area contributed by atoms with Gasteiger partial charge in [-0.2, -0.15) is 36.4 Å². The summed E-state index contributed by atoms with van der Waals surface area (Å²) < 4.78 is 25.7. The third kappa shape index (κ3) is 4.69. The summed E-state index contributed by atoms with van der Waals surface area (Å²) in [5, 5.41) is 6.05. The summed E-state index contributed by atoms with van der Waals surface area (Å²) in [4.78, 5) is 4.53. The third-order valence-corrected chi connectivity index (χ3v) is 5.23. The molecule has 0 saturated heterocycles. The minimum atomic E-state index is -0.364. The van der Waals surface area contributed by atoms with Gasteiger partial charge >= 0.3 is 0 Å². The molecule has 0 aliphatic carbocycles. The first-order chi connectivity index (χ1) is 15.7. The van der Waals surface area contributed by atoms with Crippen LogP contribution >= 0.6 is 0 Å². The zero-order valence-corrected chi connectivity index (χ0v) is 19.5. The Morgan fingerprint density at radius 3 is 1.79 bits per heavy atom. The van der Waals surface area contributed by atoms with Gasteiger partial charge in [0.2, 0.25) is 0 Å². The number of halogens is 2. The van der Waals surface area contributed by atoms with Gasteiger partial charge in [-0.3, -0.25) is 0 Å². The molecule has 0 saturated carbocycles. The fraction of sp³-hybridized carbons (Fsp3) is 0. The molecule has 5 aromatic carbocycles. The van der Waals surface area contributed by atoms with Gasteiger partial charge in [0.05, 0.1) is 0 Å². The number of rotatable bonds is 1. The Kier molecular flexibility index (Phi) is 6.91. The molecular weight excluding hydrogens is 595 g/mol. The normalized spacial score (nSPS) is 10.5. The second-order valence-corrected chi connectivity index (χ2v) is 7.25. The second-order valence-electron chi connectivity index (χ2n) is 7.25. The molecule has 0 unspecified atom stereocenters. The monoisotopic (exact) mass is 611 g/mol. The van der Waals surface area contributed by atoms with Crippen molar-refractivity contribution in [1.82, 2.24) is 4.98 Å². The van der Waals surface area contributed by atoms with Crippen LogP contribution in [0.5, 0.6) is 0 Å². The van der Waals surface area contributed by atoms with Crippen LogP contribution < -0.4 is 0 Å². The van der Waals surface area contributed by atoms with Crippen molar-refractivity contribution >= 4 is 32.4 Å². The quantitative estimate of drug-likeness (QED) is 0.138. The van der Waals surface area contributed by atoms with E-state index in [0.717, 1.165) is 10.9 Å². The van der Waals surface area contributed by atoms with Crippen LogP contribution in [0.3, 0.4) is 0 Å². The van der Waals surface area contributed by atoms with Gasteiger partial charge < -0.3 is 4.98 Å². The fourth-order valence-corrected chi connectivity index (χ4v) is 3.82. The van der Waals surface area contributed by atoms with Crippen molar-refractivity contribution in [2.75, 3.05) is 0 Å². The molecule has 6 rings (SSSR count). The summed E-state index contributed by atoms with van der Waals surface area (Å²) in [7, 11) is 0. The Balaban J connectivity index is 0.000000158. The van der Waals surface area contributed by atoms with Crippen molar-refractivity contribution in [2.45, 2.75) is 0 Å². The van der Waals surface area contributed by atoms with Gasteiger partial charge in [-0.1, -0.05) is 41.1 Å². The minimum Gasteiger partial charge on any atom is -0.304 e. The average Bonchev–Trinajstić information content (AvgIpc) is 2.85. The van der Waals surface area contributed by atoms with Crippen LogP contribution in [0.4, 0.5) is 8.78 Å². The van der Waals surface area contributed by atoms with E-state index >= 15 is 0 Å². The predicted octanol–water partition coefficient (Wildman–Crippen LogP) is 7.57. The third-order valence-electron chi connectivity index (χ3n) is 5.23. The maximum absolute atomic E-state index is 12.8. The van der Waals surface area contributed by atoms with E-state index in [-0.39, 0.29) is 32.7 Å². The average molecular weight is 612 g/mol. The smallest absolute Gasteiger partial charge is 0.0328 e. The summed E-state index contributed by atoms with van der Waals surface area (Å²) >= 11 is 0. The molecule has 1 nitrogen and oxygen atoms in total. The van der Waals surface area contributed by atoms with E-state index < -0.39 is 0 Å². The Hall–Kier alpha value is -3.42. The van der Waals surface area contributed by atoms with Gasteiger partial charge in [-0.05, 0) is 22.4 Å². The van der Waals surface area contributed by atoms with Crippen LogP contribution in [0, 0.1) is 29.8 Å². The predicted molar refractivity (Wildman–Crippen MR) is 125 cm³/mol. The van der Waals surface area contributed by atoms with Crippen molar-refractivity contribution in [3.8, 4) is 11.1 Å². The first-order valence-electron chi connectivity index (χ1n) is 10.1. The summed E-state index contributed by atoms with van der Waals surface area (Å²) in [6.45, 7) is 0. The van der Waals surface area contributed by atoms with Crippen LogP contribution in [0.15, 0.2) is 97.2 Å². The SMILES string of the molecule is Fc1cc[c-]c(-c2[c-]ccc(F)c2)c1.[Pt].[c-]1cccc2c1c1ncccc1c1ccccc21. The molecule has 0 spiro atoms. The first-order valence-corrected chi connectivity index (χ1v) is 10.1. The van der Waals surface area contributed by atoms with Crippen LogP contribution in [0.1, 0.15) is 0 Å². The summed E-state index contributed by atoms with van der Waals surface area (Å²) in [6.07, 6.45) is 1.84. The molecule has 0 bridgehead atoms. The van der Waals surface area contributed by atoms with Crippen LogP contribution in [-0.2, 0) is 21.1 Å². The van der Waals surface area contributed by atoms with Crippen molar-refractivity contribution in [2.24, 2.45) is 0 Å². The second kappa shape index (κ2) is 10.0. The Labute approximate surface area is 205 Å². The fourth-order valence-electron chi connectivity index (χ4n) is 3.82. The zero-order chi connectivity index (χ0) is 21.9. The standard InChI is InChI=1S/C17H10N.C12H6F2.Pt/c1-2-7-14-12(6-1)13-8-3-4-9-15(13)17-16(14)10-5-11-18-17;13-11-5-1-3-9(7-11)10-4-2-6-12(14)8-10;/h1-8,10-11H;1-2,5-8H;/q-1;-2;. The summed E-state index contributed by atoms with van der Waals surface area (Å²) in [5.41, 5.74) is 2.04. The molecular formula is C29H16F2NPt-3. The van der Waals surface area contributed by atoms with Crippen LogP contribution in [-0.4, -0.2) is 4.98 Å². The Morgan fingerprint density at radius 1 is 0.576 bits per heavy atom. The molecule has 0 fully saturated rings. The molecule has 4 heteroatoms. The van der Waals surface area contributed by atoms with E-state index in [1.807, 2.05) is 24.4 Å². The number of nitrogens with zero attached hydrogens (tertiary/aromatic N) is 1. The summed E-state index contributed by atoms with van der Waals surface area (Å²) in [6, 6.07) is 35.8. The van der Waals surface area contributed by atoms with Gasteiger partial charge in [-0.15, -0.1) is 41.8 Å². The number of aromatic nitrogens is 1. The van der Waals surface area contributed by atoms with E-state index in [1.165, 1.54) is 57.9 Å². The minimum absolute atomic E-state index is 0. The number of pyridine rings is 1. The van der Waals surface area contributed by atoms with Crippen molar-refractivity contribution < 1.29 is 29.8 Å². The molecule has 1 aromatic heterocycles. The van der Waals surface area contributed by atoms with Gasteiger partial charge in [-0.25, -0.2) is 19.9 Å². The van der Waals surface area contributed by atoms with Crippen molar-refractivity contribution in [3.05, 3.63) is 127 Å². The summed E-state index contributed by atoms with van der Waals surface area (Å²) in [5.74, 6) is -0.729. The molecule has 0 radical (unpaired) electrons. The largest absolute Gasteiger partial charge is 0.304 e. The van der Waals surface area contributed by atoms with Crippen molar-refractivity contribution in [1.29, 1.82) is 0 Å². The molecule has 0 atom stereocenters. The molecule has 0 aliphatic rings. The number of hydrogen-bond acceptors (Lipinski definition) is 1. The van der Waals surface area contributed by atoms with Crippen LogP contribution in [0.25, 0.3) is 43.6 Å². The maximum atomic E-state index is 12.8. The van der Waals surface area contributed by atoms with Gasteiger partial charge in [0.25, 0.3) is 0 Å². The molecule has 0 aliphatic heterocycles. The molecule has 33 heavy (non-hydrogen) atoms. The van der Waals surface area contributed by atoms with E-state index in [2.05, 4.69) is 59.6 Å². The number of fused-ring (bicyclic) bond motifs is 6. The molecule has 0 N–H and O–H groups in total. The molecule has 164 valence electrons. The van der Waals surface area contributed by atoms with Crippen LogP contribution in [0.2, 0.25) is 0 Å². The topological polar surface area (TPSA) is 12.9 Å². The molecule has 6 aromatic rings. The zero-order valence-electron chi connectivity index (χ0n) is 17.3. The van der Waals surface area contributed by atoms with E-state index in [1.54, 1.807) is 0 Å². The first kappa shape index (κ1) is 22.8. The number of hydrogen-bond donors (Lipinski definition) is 0. The van der Waals surface area contributed by atoms with Gasteiger partial charge in [0.1, 0.15) is 0 Å². The van der Waals surface area contributed by atoms with E-state index in [4.69, 9.17) is 0 Å².